The van der Waals surface area contributed by atoms with Crippen LogP contribution in [0.1, 0.15) is 31.4 Å². The number of phenols is 1. The number of fused-ring (bicyclic) bond motifs is 1. The standard InChI is InChI=1S/C29H37N5O6S/c1-3-16(2)25(28(38)33-24(29(39)40)12-17-8-10-19(35)11-9-17)34-27(37)23(32-26(36)21(30)15-41)13-18-14-31-22-7-5-4-6-20(18)22/h4-11,14,16,21,23-25,31,35,41H,3,12-13,15,30H2,1-2H3,(H,32,36)(H,33,38)(H,34,37)(H,39,40). The molecule has 0 aliphatic carbocycles. The Kier molecular flexibility index (Phi) is 11.2. The van der Waals surface area contributed by atoms with Crippen molar-refractivity contribution in [3.05, 3.63) is 65.9 Å². The van der Waals surface area contributed by atoms with Crippen molar-refractivity contribution < 1.29 is 29.4 Å². The van der Waals surface area contributed by atoms with Gasteiger partial charge in [-0.25, -0.2) is 4.79 Å². The second-order valence-electron chi connectivity index (χ2n) is 10.1. The predicted molar refractivity (Wildman–Crippen MR) is 159 cm³/mol. The van der Waals surface area contributed by atoms with Crippen molar-refractivity contribution in [2.24, 2.45) is 11.7 Å². The van der Waals surface area contributed by atoms with Crippen LogP contribution in [-0.2, 0) is 32.0 Å². The van der Waals surface area contributed by atoms with Crippen LogP contribution < -0.4 is 21.7 Å². The zero-order chi connectivity index (χ0) is 30.1. The number of aromatic amines is 1. The number of rotatable bonds is 14. The van der Waals surface area contributed by atoms with Gasteiger partial charge in [-0.05, 0) is 35.2 Å². The minimum atomic E-state index is -1.27. The van der Waals surface area contributed by atoms with Crippen molar-refractivity contribution in [3.8, 4) is 5.75 Å². The number of aliphatic carboxylic acids is 1. The van der Waals surface area contributed by atoms with Crippen LogP contribution in [-0.4, -0.2) is 68.8 Å². The summed E-state index contributed by atoms with van der Waals surface area (Å²) < 4.78 is 0. The number of carboxylic acid groups (broad SMARTS) is 1. The van der Waals surface area contributed by atoms with Gasteiger partial charge in [0.05, 0.1) is 6.04 Å². The zero-order valence-electron chi connectivity index (χ0n) is 23.0. The lowest BCUT2D eigenvalue weighted by Gasteiger charge is -2.28. The summed E-state index contributed by atoms with van der Waals surface area (Å²) in [4.78, 5) is 54.8. The lowest BCUT2D eigenvalue weighted by molar-refractivity contribution is -0.142. The van der Waals surface area contributed by atoms with E-state index in [1.807, 2.05) is 31.2 Å². The number of hydrogen-bond donors (Lipinski definition) is 8. The molecule has 0 aliphatic heterocycles. The summed E-state index contributed by atoms with van der Waals surface area (Å²) in [5.74, 6) is -3.33. The Hall–Kier alpha value is -4.03. The van der Waals surface area contributed by atoms with E-state index < -0.39 is 47.9 Å². The van der Waals surface area contributed by atoms with Crippen molar-refractivity contribution in [1.29, 1.82) is 0 Å². The van der Waals surface area contributed by atoms with Crippen LogP contribution in [0.2, 0.25) is 0 Å². The Morgan fingerprint density at radius 1 is 0.927 bits per heavy atom. The fourth-order valence-corrected chi connectivity index (χ4v) is 4.54. The van der Waals surface area contributed by atoms with Crippen LogP contribution >= 0.6 is 12.6 Å². The molecule has 11 nitrogen and oxygen atoms in total. The van der Waals surface area contributed by atoms with Crippen LogP contribution in [0.15, 0.2) is 54.7 Å². The third kappa shape index (κ3) is 8.48. The van der Waals surface area contributed by atoms with E-state index in [9.17, 15) is 29.4 Å². The quantitative estimate of drug-likeness (QED) is 0.132. The molecule has 0 fully saturated rings. The van der Waals surface area contributed by atoms with Crippen molar-refractivity contribution in [1.82, 2.24) is 20.9 Å². The third-order valence-electron chi connectivity index (χ3n) is 7.05. The smallest absolute Gasteiger partial charge is 0.326 e. The van der Waals surface area contributed by atoms with Gasteiger partial charge in [0.25, 0.3) is 0 Å². The molecule has 0 saturated heterocycles. The molecule has 1 aromatic heterocycles. The summed E-state index contributed by atoms with van der Waals surface area (Å²) >= 11 is 4.07. The highest BCUT2D eigenvalue weighted by molar-refractivity contribution is 7.80. The van der Waals surface area contributed by atoms with E-state index in [1.165, 1.54) is 12.1 Å². The van der Waals surface area contributed by atoms with Gasteiger partial charge in [-0.2, -0.15) is 12.6 Å². The molecule has 0 aliphatic rings. The fourth-order valence-electron chi connectivity index (χ4n) is 4.38. The maximum Gasteiger partial charge on any atom is 0.326 e. The summed E-state index contributed by atoms with van der Waals surface area (Å²) in [6.07, 6.45) is 2.37. The van der Waals surface area contributed by atoms with E-state index in [-0.39, 0.29) is 30.3 Å². The highest BCUT2D eigenvalue weighted by Crippen LogP contribution is 2.20. The van der Waals surface area contributed by atoms with E-state index in [4.69, 9.17) is 5.73 Å². The first-order valence-corrected chi connectivity index (χ1v) is 14.0. The summed E-state index contributed by atoms with van der Waals surface area (Å²) in [5, 5.41) is 28.1. The van der Waals surface area contributed by atoms with Crippen molar-refractivity contribution >= 4 is 47.2 Å². The Bertz CT molecular complexity index is 1360. The Balaban J connectivity index is 1.82. The van der Waals surface area contributed by atoms with Crippen LogP contribution in [0.3, 0.4) is 0 Å². The van der Waals surface area contributed by atoms with Gasteiger partial charge in [0.15, 0.2) is 0 Å². The first-order chi connectivity index (χ1) is 19.5. The number of nitrogens with one attached hydrogen (secondary N) is 4. The van der Waals surface area contributed by atoms with Crippen molar-refractivity contribution in [2.45, 2.75) is 57.3 Å². The highest BCUT2D eigenvalue weighted by atomic mass is 32.1. The van der Waals surface area contributed by atoms with Crippen LogP contribution in [0.25, 0.3) is 10.9 Å². The Morgan fingerprint density at radius 3 is 2.22 bits per heavy atom. The van der Waals surface area contributed by atoms with Crippen molar-refractivity contribution in [2.75, 3.05) is 5.75 Å². The van der Waals surface area contributed by atoms with Gasteiger partial charge in [0.1, 0.15) is 23.9 Å². The number of H-pyrrole nitrogens is 1. The first kappa shape index (κ1) is 31.5. The van der Waals surface area contributed by atoms with E-state index in [0.717, 1.165) is 16.5 Å². The van der Waals surface area contributed by atoms with Gasteiger partial charge in [-0.1, -0.05) is 50.6 Å². The number of thiol groups is 1. The number of nitrogens with two attached hydrogens (primary N) is 1. The van der Waals surface area contributed by atoms with E-state index in [2.05, 4.69) is 33.6 Å². The second-order valence-corrected chi connectivity index (χ2v) is 10.4. The number of phenolic OH excluding ortho intramolecular Hbond substituents is 1. The van der Waals surface area contributed by atoms with Crippen LogP contribution in [0, 0.1) is 5.92 Å². The third-order valence-corrected chi connectivity index (χ3v) is 7.44. The molecule has 3 aromatic rings. The summed E-state index contributed by atoms with van der Waals surface area (Å²) in [7, 11) is 0. The molecule has 0 saturated carbocycles. The number of aromatic nitrogens is 1. The maximum atomic E-state index is 13.6. The molecule has 5 unspecified atom stereocenters. The Labute approximate surface area is 243 Å². The lowest BCUT2D eigenvalue weighted by Crippen LogP contribution is -2.59. The molecule has 0 bridgehead atoms. The van der Waals surface area contributed by atoms with Gasteiger partial charge < -0.3 is 36.9 Å². The van der Waals surface area contributed by atoms with Gasteiger partial charge in [0.2, 0.25) is 17.7 Å². The molecule has 0 spiro atoms. The number of amides is 3. The first-order valence-electron chi connectivity index (χ1n) is 13.4. The number of carboxylic acids is 1. The molecular weight excluding hydrogens is 546 g/mol. The summed E-state index contributed by atoms with van der Waals surface area (Å²) in [6.45, 7) is 3.61. The normalized spacial score (nSPS) is 14.8. The number of para-hydroxylation sites is 1. The van der Waals surface area contributed by atoms with E-state index in [0.29, 0.717) is 12.0 Å². The van der Waals surface area contributed by atoms with Gasteiger partial charge in [0, 0.05) is 35.7 Å². The number of benzene rings is 2. The van der Waals surface area contributed by atoms with E-state index in [1.54, 1.807) is 25.3 Å². The summed E-state index contributed by atoms with van der Waals surface area (Å²) in [6, 6.07) is 9.17. The SMILES string of the molecule is CCC(C)C(NC(=O)C(Cc1c[nH]c2ccccc12)NC(=O)C(N)CS)C(=O)NC(Cc1ccc(O)cc1)C(=O)O. The molecule has 1 heterocycles. The zero-order valence-corrected chi connectivity index (χ0v) is 23.9. The molecule has 220 valence electrons. The maximum absolute atomic E-state index is 13.6. The van der Waals surface area contributed by atoms with Crippen LogP contribution in [0.5, 0.6) is 5.75 Å². The molecule has 3 rings (SSSR count). The van der Waals surface area contributed by atoms with Gasteiger partial charge in [-0.3, -0.25) is 14.4 Å². The molecule has 5 atom stereocenters. The molecule has 12 heteroatoms. The molecular formula is C29H37N5O6S. The number of carbonyl (C=O) groups is 4. The molecule has 3 amide bonds. The average molecular weight is 584 g/mol. The largest absolute Gasteiger partial charge is 0.508 e. The molecule has 41 heavy (non-hydrogen) atoms. The molecule has 2 aromatic carbocycles. The van der Waals surface area contributed by atoms with Crippen molar-refractivity contribution in [3.63, 3.8) is 0 Å². The lowest BCUT2D eigenvalue weighted by atomic mass is 9.96. The minimum absolute atomic E-state index is 0.0244. The Morgan fingerprint density at radius 2 is 1.59 bits per heavy atom. The number of hydrogen-bond acceptors (Lipinski definition) is 7. The van der Waals surface area contributed by atoms with Gasteiger partial charge >= 0.3 is 5.97 Å². The second kappa shape index (κ2) is 14.6. The monoisotopic (exact) mass is 583 g/mol. The minimum Gasteiger partial charge on any atom is -0.508 e. The summed E-state index contributed by atoms with van der Waals surface area (Å²) in [5.41, 5.74) is 8.09. The van der Waals surface area contributed by atoms with Gasteiger partial charge in [-0.15, -0.1) is 0 Å². The fraction of sp³-hybridized carbons (Fsp3) is 0.379. The molecule has 8 N–H and O–H groups in total. The predicted octanol–water partition coefficient (Wildman–Crippen LogP) is 1.50. The average Bonchev–Trinajstić information content (AvgIpc) is 3.37. The highest BCUT2D eigenvalue weighted by Gasteiger charge is 2.33. The van der Waals surface area contributed by atoms with Crippen LogP contribution in [0.4, 0.5) is 0 Å². The number of carbonyl (C=O) groups excluding carboxylic acids is 3. The topological polar surface area (TPSA) is 187 Å². The molecule has 0 radical (unpaired) electrons. The van der Waals surface area contributed by atoms with E-state index >= 15 is 0 Å². The number of aromatic hydroxyl groups is 1.